The number of aromatic nitrogens is 3. The van der Waals surface area contributed by atoms with Gasteiger partial charge in [-0.25, -0.2) is 18.6 Å². The monoisotopic (exact) mass is 793 g/mol. The van der Waals surface area contributed by atoms with Crippen molar-refractivity contribution in [1.82, 2.24) is 30.4 Å². The molecule has 300 valence electrons. The minimum Gasteiger partial charge on any atom is -0.444 e. The minimum atomic E-state index is -0.576. The maximum absolute atomic E-state index is 13.5. The highest BCUT2D eigenvalue weighted by molar-refractivity contribution is 5.85. The Morgan fingerprint density at radius 1 is 0.821 bits per heavy atom. The van der Waals surface area contributed by atoms with Crippen LogP contribution in [0, 0.1) is 17.6 Å². The number of fused-ring (bicyclic) bond motifs is 2. The Morgan fingerprint density at radius 2 is 1.39 bits per heavy atom. The molecule has 0 atom stereocenters. The quantitative estimate of drug-likeness (QED) is 0.173. The zero-order valence-electron chi connectivity index (χ0n) is 32.1. The molecule has 15 heteroatoms. The van der Waals surface area contributed by atoms with Crippen LogP contribution in [0.4, 0.5) is 19.4 Å². The number of pyridine rings is 1. The molecule has 3 aromatic heterocycles. The van der Waals surface area contributed by atoms with Gasteiger partial charge in [-0.1, -0.05) is 10.3 Å². The summed E-state index contributed by atoms with van der Waals surface area (Å²) in [5.41, 5.74) is 3.34. The van der Waals surface area contributed by atoms with Gasteiger partial charge in [0.05, 0.1) is 11.4 Å². The van der Waals surface area contributed by atoms with Gasteiger partial charge in [0.25, 0.3) is 0 Å². The smallest absolute Gasteiger partial charge is 0.413 e. The third-order valence-electron chi connectivity index (χ3n) is 10.6. The summed E-state index contributed by atoms with van der Waals surface area (Å²) >= 11 is 0. The molecule has 0 bridgehead atoms. The van der Waals surface area contributed by atoms with E-state index in [-0.39, 0.29) is 41.8 Å². The summed E-state index contributed by atoms with van der Waals surface area (Å²) < 4.78 is 42.3. The van der Waals surface area contributed by atoms with Crippen LogP contribution in [0.5, 0.6) is 0 Å². The van der Waals surface area contributed by atoms with E-state index in [9.17, 15) is 18.4 Å². The second kappa shape index (κ2) is 18.1. The van der Waals surface area contributed by atoms with E-state index in [0.29, 0.717) is 36.0 Å². The van der Waals surface area contributed by atoms with Crippen molar-refractivity contribution >= 4 is 52.2 Å². The lowest BCUT2D eigenvalue weighted by atomic mass is 9.89. The fourth-order valence-corrected chi connectivity index (χ4v) is 7.82. The number of hydrogen-bond donors (Lipinski definition) is 2. The van der Waals surface area contributed by atoms with Crippen LogP contribution in [0.3, 0.4) is 0 Å². The van der Waals surface area contributed by atoms with Crippen LogP contribution in [-0.4, -0.2) is 82.0 Å². The number of amides is 2. The summed E-state index contributed by atoms with van der Waals surface area (Å²) in [5.74, 6) is 0.771. The van der Waals surface area contributed by atoms with Crippen LogP contribution in [-0.2, 0) is 16.1 Å². The van der Waals surface area contributed by atoms with Crippen LogP contribution in [0.25, 0.3) is 21.9 Å². The lowest BCUT2D eigenvalue weighted by Crippen LogP contribution is -2.45. The minimum absolute atomic E-state index is 0. The number of anilines is 1. The first kappa shape index (κ1) is 41.0. The Hall–Kier alpha value is -4.66. The summed E-state index contributed by atoms with van der Waals surface area (Å²) in [6.07, 6.45) is 6.59. The molecular formula is C41H50ClF2N7O5. The first-order chi connectivity index (χ1) is 26.5. The van der Waals surface area contributed by atoms with Crippen molar-refractivity contribution in [1.29, 1.82) is 0 Å². The Morgan fingerprint density at radius 3 is 1.96 bits per heavy atom. The number of nitrogens with one attached hydrogen (secondary N) is 2. The molecule has 0 unspecified atom stereocenters. The Labute approximate surface area is 331 Å². The highest BCUT2D eigenvalue weighted by Gasteiger charge is 2.33. The third-order valence-corrected chi connectivity index (χ3v) is 10.6. The molecule has 56 heavy (non-hydrogen) atoms. The lowest BCUT2D eigenvalue weighted by molar-refractivity contribution is -0.138. The number of ether oxygens (including phenoxy) is 1. The second-order valence-corrected chi connectivity index (χ2v) is 15.8. The van der Waals surface area contributed by atoms with Gasteiger partial charge in [-0.3, -0.25) is 15.0 Å². The molecule has 12 nitrogen and oxygen atoms in total. The number of nitrogens with zero attached hydrogens (tertiary/aromatic N) is 5. The van der Waals surface area contributed by atoms with Crippen LogP contribution in [0.2, 0.25) is 0 Å². The number of likely N-dealkylation sites (tertiary alicyclic amines) is 2. The number of halogens is 3. The highest BCUT2D eigenvalue weighted by atomic mass is 35.5. The molecule has 0 radical (unpaired) electrons. The third kappa shape index (κ3) is 10.2. The molecule has 0 saturated carbocycles. The van der Waals surface area contributed by atoms with Crippen molar-refractivity contribution in [2.24, 2.45) is 5.92 Å². The lowest BCUT2D eigenvalue weighted by Gasteiger charge is -2.37. The van der Waals surface area contributed by atoms with Gasteiger partial charge in [-0.2, -0.15) is 0 Å². The van der Waals surface area contributed by atoms with Gasteiger partial charge in [-0.05, 0) is 127 Å². The predicted molar refractivity (Wildman–Crippen MR) is 211 cm³/mol. The van der Waals surface area contributed by atoms with E-state index >= 15 is 0 Å². The van der Waals surface area contributed by atoms with E-state index in [0.717, 1.165) is 99.0 Å². The van der Waals surface area contributed by atoms with Crippen molar-refractivity contribution < 1.29 is 32.2 Å². The van der Waals surface area contributed by atoms with Crippen molar-refractivity contribution in [2.75, 3.05) is 44.6 Å². The van der Waals surface area contributed by atoms with Gasteiger partial charge < -0.3 is 24.0 Å². The fraction of sp³-hybridized carbons (Fsp3) is 0.488. The number of piperidine rings is 3. The average molecular weight is 794 g/mol. The molecule has 2 N–H and O–H groups in total. The molecule has 2 aromatic carbocycles. The van der Waals surface area contributed by atoms with E-state index in [1.165, 1.54) is 24.3 Å². The normalized spacial score (nSPS) is 17.6. The molecule has 3 fully saturated rings. The van der Waals surface area contributed by atoms with Crippen LogP contribution in [0.15, 0.2) is 63.8 Å². The van der Waals surface area contributed by atoms with E-state index in [4.69, 9.17) is 13.8 Å². The van der Waals surface area contributed by atoms with Gasteiger partial charge in [0, 0.05) is 66.5 Å². The molecule has 3 saturated heterocycles. The van der Waals surface area contributed by atoms with Gasteiger partial charge in [0.15, 0.2) is 11.2 Å². The number of rotatable bonds is 6. The maximum Gasteiger partial charge on any atom is 0.413 e. The SMILES string of the molecule is CC(C)(C)OC(=O)Nc1cc(CN2CCC(C(=O)N3CCC(c4noc5cc(F)ccc45)CC3)CC2)ccn1.Cl.Fc1ccc2c(C3CCNCC3)noc2c1. The summed E-state index contributed by atoms with van der Waals surface area (Å²) in [6, 6.07) is 13.0. The first-order valence-corrected chi connectivity index (χ1v) is 19.3. The zero-order valence-corrected chi connectivity index (χ0v) is 32.9. The Balaban J connectivity index is 0.000000260. The predicted octanol–water partition coefficient (Wildman–Crippen LogP) is 8.18. The molecule has 3 aliphatic heterocycles. The summed E-state index contributed by atoms with van der Waals surface area (Å²) in [4.78, 5) is 33.9. The number of carbonyl (C=O) groups is 2. The van der Waals surface area contributed by atoms with Crippen LogP contribution >= 0.6 is 12.4 Å². The molecule has 8 rings (SSSR count). The average Bonchev–Trinajstić information content (AvgIpc) is 3.79. The van der Waals surface area contributed by atoms with Gasteiger partial charge >= 0.3 is 6.09 Å². The van der Waals surface area contributed by atoms with Crippen molar-refractivity contribution in [2.45, 2.75) is 83.3 Å². The fourth-order valence-electron chi connectivity index (χ4n) is 7.82. The van der Waals surface area contributed by atoms with Gasteiger partial charge in [-0.15, -0.1) is 12.4 Å². The Kier molecular flexibility index (Phi) is 13.2. The molecule has 6 heterocycles. The van der Waals surface area contributed by atoms with E-state index < -0.39 is 11.7 Å². The standard InChI is InChI=1S/C29H36FN5O4.C12H13FN2O.ClH/c1-29(2,3)38-28(37)32-25-16-19(6-11-31-25)18-34-12-7-21(8-13-34)27(36)35-14-9-20(10-15-35)26-23-5-4-22(30)17-24(23)39-33-26;13-9-1-2-10-11(7-9)16-15-12(10)8-3-5-14-6-4-8;/h4-6,11,16-17,20-21H,7-10,12-15,18H2,1-3H3,(H,31,32,37);1-2,7-8,14H,3-6H2;1H. The first-order valence-electron chi connectivity index (χ1n) is 19.3. The van der Waals surface area contributed by atoms with Crippen molar-refractivity contribution in [3.63, 3.8) is 0 Å². The maximum atomic E-state index is 13.5. The number of hydrogen-bond acceptors (Lipinski definition) is 10. The highest BCUT2D eigenvalue weighted by Crippen LogP contribution is 2.34. The van der Waals surface area contributed by atoms with E-state index in [2.05, 4.69) is 30.8 Å². The summed E-state index contributed by atoms with van der Waals surface area (Å²) in [7, 11) is 0. The number of carbonyl (C=O) groups excluding carboxylic acids is 2. The van der Waals surface area contributed by atoms with Crippen molar-refractivity contribution in [3.8, 4) is 0 Å². The van der Waals surface area contributed by atoms with E-state index in [1.54, 1.807) is 18.3 Å². The molecule has 5 aromatic rings. The topological polar surface area (TPSA) is 139 Å². The largest absolute Gasteiger partial charge is 0.444 e. The van der Waals surface area contributed by atoms with Crippen molar-refractivity contribution in [3.05, 3.63) is 83.3 Å². The molecule has 0 spiro atoms. The van der Waals surface area contributed by atoms with E-state index in [1.807, 2.05) is 37.8 Å². The number of benzene rings is 2. The zero-order chi connectivity index (χ0) is 38.5. The summed E-state index contributed by atoms with van der Waals surface area (Å²) in [6.45, 7) is 11.3. The molecular weight excluding hydrogens is 744 g/mol. The van der Waals surface area contributed by atoms with Gasteiger partial charge in [0.1, 0.15) is 23.1 Å². The summed E-state index contributed by atoms with van der Waals surface area (Å²) in [5, 5.41) is 16.1. The van der Waals surface area contributed by atoms with Crippen LogP contribution in [0.1, 0.15) is 88.1 Å². The van der Waals surface area contributed by atoms with Crippen LogP contribution < -0.4 is 10.6 Å². The second-order valence-electron chi connectivity index (χ2n) is 15.8. The Bertz CT molecular complexity index is 2100. The molecule has 0 aliphatic carbocycles. The molecule has 2 amide bonds. The van der Waals surface area contributed by atoms with Gasteiger partial charge in [0.2, 0.25) is 5.91 Å². The molecule has 3 aliphatic rings.